The Morgan fingerprint density at radius 3 is 2.82 bits per heavy atom. The van der Waals surface area contributed by atoms with Gasteiger partial charge in [-0.3, -0.25) is 4.79 Å². The van der Waals surface area contributed by atoms with E-state index in [9.17, 15) is 4.79 Å². The second-order valence-corrected chi connectivity index (χ2v) is 3.26. The maximum absolute atomic E-state index is 11.3. The van der Waals surface area contributed by atoms with Crippen LogP contribution in [0.2, 0.25) is 0 Å². The van der Waals surface area contributed by atoms with Gasteiger partial charge in [-0.05, 0) is 25.7 Å². The van der Waals surface area contributed by atoms with Crippen molar-refractivity contribution < 1.29 is 4.79 Å². The van der Waals surface area contributed by atoms with Crippen LogP contribution >= 0.6 is 0 Å². The van der Waals surface area contributed by atoms with Crippen molar-refractivity contribution in [3.05, 3.63) is 11.3 Å². The first-order valence-electron chi connectivity index (χ1n) is 4.37. The number of nitrogens with one attached hydrogen (secondary N) is 1. The lowest BCUT2D eigenvalue weighted by molar-refractivity contribution is -0.116. The lowest BCUT2D eigenvalue weighted by Gasteiger charge is -2.24. The molecule has 0 saturated carbocycles. The molecule has 0 aromatic rings. The van der Waals surface area contributed by atoms with Crippen LogP contribution in [0.15, 0.2) is 11.3 Å². The zero-order valence-corrected chi connectivity index (χ0v) is 6.65. The van der Waals surface area contributed by atoms with Gasteiger partial charge in [0.05, 0.1) is 0 Å². The van der Waals surface area contributed by atoms with E-state index in [0.29, 0.717) is 5.78 Å². The van der Waals surface area contributed by atoms with E-state index >= 15 is 0 Å². The van der Waals surface area contributed by atoms with E-state index in [1.807, 2.05) is 0 Å². The summed E-state index contributed by atoms with van der Waals surface area (Å²) in [6, 6.07) is 0. The Balaban J connectivity index is 2.27. The van der Waals surface area contributed by atoms with Crippen LogP contribution in [0.25, 0.3) is 0 Å². The van der Waals surface area contributed by atoms with Crippen LogP contribution in [0.3, 0.4) is 0 Å². The van der Waals surface area contributed by atoms with E-state index < -0.39 is 0 Å². The van der Waals surface area contributed by atoms with Crippen LogP contribution in [0.5, 0.6) is 0 Å². The Kier molecular flexibility index (Phi) is 1.68. The first kappa shape index (κ1) is 6.89. The van der Waals surface area contributed by atoms with Crippen LogP contribution in [0.4, 0.5) is 0 Å². The highest BCUT2D eigenvalue weighted by molar-refractivity contribution is 5.96. The van der Waals surface area contributed by atoms with Crippen LogP contribution in [0.1, 0.15) is 32.1 Å². The van der Waals surface area contributed by atoms with Gasteiger partial charge in [0, 0.05) is 24.2 Å². The van der Waals surface area contributed by atoms with E-state index in [4.69, 9.17) is 0 Å². The number of carbonyl (C=O) groups is 1. The SMILES string of the molecule is O=C1CCCC2=C1CCCN2. The van der Waals surface area contributed by atoms with Gasteiger partial charge in [0.2, 0.25) is 0 Å². The Bertz CT molecular complexity index is 214. The van der Waals surface area contributed by atoms with E-state index in [2.05, 4.69) is 5.32 Å². The summed E-state index contributed by atoms with van der Waals surface area (Å²) in [6.07, 6.45) is 5.07. The predicted octanol–water partition coefficient (Wildman–Crippen LogP) is 1.38. The van der Waals surface area contributed by atoms with Crippen molar-refractivity contribution in [1.82, 2.24) is 5.32 Å². The van der Waals surface area contributed by atoms with Gasteiger partial charge in [-0.15, -0.1) is 0 Å². The number of hydrogen-bond donors (Lipinski definition) is 1. The molecule has 0 saturated heterocycles. The predicted molar refractivity (Wildman–Crippen MR) is 43.1 cm³/mol. The molecular weight excluding hydrogens is 138 g/mol. The summed E-state index contributed by atoms with van der Waals surface area (Å²) in [5.41, 5.74) is 2.34. The molecule has 0 fully saturated rings. The molecule has 11 heavy (non-hydrogen) atoms. The first-order valence-corrected chi connectivity index (χ1v) is 4.37. The van der Waals surface area contributed by atoms with Gasteiger partial charge in [-0.25, -0.2) is 0 Å². The van der Waals surface area contributed by atoms with Gasteiger partial charge in [-0.2, -0.15) is 0 Å². The summed E-state index contributed by atoms with van der Waals surface area (Å²) < 4.78 is 0. The molecule has 1 N–H and O–H groups in total. The molecule has 0 amide bonds. The van der Waals surface area contributed by atoms with Gasteiger partial charge < -0.3 is 5.32 Å². The molecule has 2 heteroatoms. The molecule has 2 rings (SSSR count). The van der Waals surface area contributed by atoms with Crippen LogP contribution in [0, 0.1) is 0 Å². The topological polar surface area (TPSA) is 29.1 Å². The average molecular weight is 151 g/mol. The Morgan fingerprint density at radius 1 is 1.09 bits per heavy atom. The maximum Gasteiger partial charge on any atom is 0.160 e. The minimum atomic E-state index is 0.387. The lowest BCUT2D eigenvalue weighted by atomic mass is 9.90. The van der Waals surface area contributed by atoms with Gasteiger partial charge in [0.25, 0.3) is 0 Å². The Labute approximate surface area is 66.7 Å². The molecule has 60 valence electrons. The average Bonchev–Trinajstić information content (AvgIpc) is 2.06. The minimum Gasteiger partial charge on any atom is -0.388 e. The quantitative estimate of drug-likeness (QED) is 0.566. The summed E-state index contributed by atoms with van der Waals surface area (Å²) in [7, 11) is 0. The lowest BCUT2D eigenvalue weighted by Crippen LogP contribution is -2.27. The smallest absolute Gasteiger partial charge is 0.160 e. The minimum absolute atomic E-state index is 0.387. The number of ketones is 1. The molecule has 1 aliphatic carbocycles. The third-order valence-electron chi connectivity index (χ3n) is 2.47. The van der Waals surface area contributed by atoms with Crippen molar-refractivity contribution >= 4 is 5.78 Å². The fraction of sp³-hybridized carbons (Fsp3) is 0.667. The van der Waals surface area contributed by atoms with Crippen molar-refractivity contribution in [1.29, 1.82) is 0 Å². The first-order chi connectivity index (χ1) is 5.38. The third-order valence-corrected chi connectivity index (χ3v) is 2.47. The van der Waals surface area contributed by atoms with E-state index in [0.717, 1.165) is 44.2 Å². The van der Waals surface area contributed by atoms with E-state index in [-0.39, 0.29) is 0 Å². The fourth-order valence-corrected chi connectivity index (χ4v) is 1.89. The van der Waals surface area contributed by atoms with Crippen LogP contribution < -0.4 is 5.32 Å². The molecule has 0 aromatic heterocycles. The van der Waals surface area contributed by atoms with Gasteiger partial charge in [0.1, 0.15) is 0 Å². The molecule has 2 nitrogen and oxygen atoms in total. The Hall–Kier alpha value is -0.790. The summed E-state index contributed by atoms with van der Waals surface area (Å²) >= 11 is 0. The molecule has 0 radical (unpaired) electrons. The van der Waals surface area contributed by atoms with Gasteiger partial charge in [0.15, 0.2) is 5.78 Å². The van der Waals surface area contributed by atoms with Gasteiger partial charge in [-0.1, -0.05) is 0 Å². The second-order valence-electron chi connectivity index (χ2n) is 3.26. The van der Waals surface area contributed by atoms with E-state index in [1.54, 1.807) is 0 Å². The number of rotatable bonds is 0. The number of allylic oxidation sites excluding steroid dienone is 2. The van der Waals surface area contributed by atoms with Crippen molar-refractivity contribution in [2.75, 3.05) is 6.54 Å². The number of carbonyl (C=O) groups excluding carboxylic acids is 1. The largest absolute Gasteiger partial charge is 0.388 e. The molecule has 0 atom stereocenters. The molecular formula is C9H13NO. The maximum atomic E-state index is 11.3. The third kappa shape index (κ3) is 1.17. The number of hydrogen-bond acceptors (Lipinski definition) is 2. The van der Waals surface area contributed by atoms with Crippen molar-refractivity contribution in [3.63, 3.8) is 0 Å². The molecule has 0 spiro atoms. The highest BCUT2D eigenvalue weighted by Crippen LogP contribution is 2.25. The highest BCUT2D eigenvalue weighted by Gasteiger charge is 2.21. The Morgan fingerprint density at radius 2 is 2.00 bits per heavy atom. The van der Waals surface area contributed by atoms with E-state index in [1.165, 1.54) is 5.70 Å². The summed E-state index contributed by atoms with van der Waals surface area (Å²) in [6.45, 7) is 1.06. The second kappa shape index (κ2) is 2.68. The molecule has 1 heterocycles. The highest BCUT2D eigenvalue weighted by atomic mass is 16.1. The molecule has 2 aliphatic rings. The van der Waals surface area contributed by atoms with Crippen molar-refractivity contribution in [2.24, 2.45) is 0 Å². The summed E-state index contributed by atoms with van der Waals surface area (Å²) in [5.74, 6) is 0.387. The standard InChI is InChI=1S/C9H13NO/c11-9-5-1-4-8-7(9)3-2-6-10-8/h10H,1-6H2. The van der Waals surface area contributed by atoms with Crippen molar-refractivity contribution in [2.45, 2.75) is 32.1 Å². The number of Topliss-reactive ketones (excluding diaryl/α,β-unsaturated/α-hetero) is 1. The monoisotopic (exact) mass is 151 g/mol. The van der Waals surface area contributed by atoms with Crippen LogP contribution in [-0.2, 0) is 4.79 Å². The molecule has 0 aromatic carbocycles. The molecule has 0 bridgehead atoms. The van der Waals surface area contributed by atoms with Gasteiger partial charge >= 0.3 is 0 Å². The summed E-state index contributed by atoms with van der Waals surface area (Å²) in [4.78, 5) is 11.3. The fourth-order valence-electron chi connectivity index (χ4n) is 1.89. The van der Waals surface area contributed by atoms with Crippen LogP contribution in [-0.4, -0.2) is 12.3 Å². The van der Waals surface area contributed by atoms with Crippen molar-refractivity contribution in [3.8, 4) is 0 Å². The molecule has 1 aliphatic heterocycles. The summed E-state index contributed by atoms with van der Waals surface area (Å²) in [5, 5.41) is 3.31. The molecule has 0 unspecified atom stereocenters. The zero-order chi connectivity index (χ0) is 7.68. The normalized spacial score (nSPS) is 24.5. The zero-order valence-electron chi connectivity index (χ0n) is 6.65.